The Morgan fingerprint density at radius 1 is 1.39 bits per heavy atom. The third-order valence-electron chi connectivity index (χ3n) is 5.20. The van der Waals surface area contributed by atoms with Crippen molar-refractivity contribution in [1.82, 2.24) is 14.9 Å². The van der Waals surface area contributed by atoms with E-state index in [-0.39, 0.29) is 18.6 Å². The van der Waals surface area contributed by atoms with E-state index in [9.17, 15) is 9.18 Å². The summed E-state index contributed by atoms with van der Waals surface area (Å²) in [4.78, 5) is 25.8. The molecule has 166 valence electrons. The summed E-state index contributed by atoms with van der Waals surface area (Å²) < 4.78 is 25.4. The summed E-state index contributed by atoms with van der Waals surface area (Å²) in [7, 11) is 1.50. The van der Waals surface area contributed by atoms with E-state index in [1.807, 2.05) is 0 Å². The van der Waals surface area contributed by atoms with Gasteiger partial charge in [-0.25, -0.2) is 14.2 Å². The van der Waals surface area contributed by atoms with Gasteiger partial charge in [0, 0.05) is 29.1 Å². The molecule has 1 saturated heterocycles. The number of likely N-dealkylation sites (tertiary alicyclic amines) is 1. The molecule has 31 heavy (non-hydrogen) atoms. The molecule has 2 aromatic rings. The first-order valence-electron chi connectivity index (χ1n) is 10.2. The van der Waals surface area contributed by atoms with Gasteiger partial charge in [0.25, 0.3) is 0 Å². The van der Waals surface area contributed by atoms with Crippen LogP contribution in [0.3, 0.4) is 0 Å². The number of hydrogen-bond donors (Lipinski definition) is 0. The molecule has 0 spiro atoms. The summed E-state index contributed by atoms with van der Waals surface area (Å²) in [6.07, 6.45) is 2.88. The van der Waals surface area contributed by atoms with Gasteiger partial charge in [0.15, 0.2) is 0 Å². The van der Waals surface area contributed by atoms with E-state index in [0.29, 0.717) is 48.2 Å². The van der Waals surface area contributed by atoms with Crippen molar-refractivity contribution in [3.8, 4) is 5.88 Å². The van der Waals surface area contributed by atoms with E-state index in [2.05, 4.69) is 20.0 Å². The zero-order chi connectivity index (χ0) is 22.6. The van der Waals surface area contributed by atoms with Crippen molar-refractivity contribution in [3.05, 3.63) is 40.2 Å². The van der Waals surface area contributed by atoms with Crippen LogP contribution in [0.25, 0.3) is 21.5 Å². The van der Waals surface area contributed by atoms with Gasteiger partial charge < -0.3 is 14.4 Å². The number of fused-ring (bicyclic) bond motifs is 1. The minimum Gasteiger partial charge on any atom is -0.481 e. The van der Waals surface area contributed by atoms with Crippen molar-refractivity contribution in [2.45, 2.75) is 64.1 Å². The van der Waals surface area contributed by atoms with Crippen molar-refractivity contribution < 1.29 is 18.7 Å². The molecule has 3 heterocycles. The number of rotatable bonds is 5. The van der Waals surface area contributed by atoms with Gasteiger partial charge >= 0.3 is 6.09 Å². The lowest BCUT2D eigenvalue weighted by molar-refractivity contribution is 0.00672. The number of nitrogens with zero attached hydrogens (tertiary/aromatic N) is 6. The van der Waals surface area contributed by atoms with Crippen LogP contribution in [0.1, 0.15) is 45.6 Å². The molecule has 10 heteroatoms. The number of carbonyl (C=O) groups is 1. The van der Waals surface area contributed by atoms with E-state index >= 15 is 0 Å². The van der Waals surface area contributed by atoms with Crippen molar-refractivity contribution in [3.63, 3.8) is 0 Å². The van der Waals surface area contributed by atoms with Crippen LogP contribution in [0, 0.1) is 5.82 Å². The molecule has 0 bridgehead atoms. The molecule has 0 N–H and O–H groups in total. The second kappa shape index (κ2) is 9.34. The maximum absolute atomic E-state index is 14.6. The summed E-state index contributed by atoms with van der Waals surface area (Å²) in [5.41, 5.74) is 9.59. The number of pyridine rings is 2. The van der Waals surface area contributed by atoms with Gasteiger partial charge in [-0.3, -0.25) is 4.98 Å². The Labute approximate surface area is 180 Å². The van der Waals surface area contributed by atoms with Gasteiger partial charge in [-0.1, -0.05) is 5.11 Å². The van der Waals surface area contributed by atoms with Crippen LogP contribution in [0.15, 0.2) is 23.4 Å². The molecule has 2 aromatic heterocycles. The zero-order valence-electron chi connectivity index (χ0n) is 18.2. The van der Waals surface area contributed by atoms with Crippen molar-refractivity contribution in [2.75, 3.05) is 13.7 Å². The van der Waals surface area contributed by atoms with E-state index in [4.69, 9.17) is 15.0 Å². The maximum Gasteiger partial charge on any atom is 0.410 e. The molecular formula is C21H27FN6O3. The molecule has 1 aliphatic rings. The first-order chi connectivity index (χ1) is 14.7. The fourth-order valence-electron chi connectivity index (χ4n) is 3.76. The Morgan fingerprint density at radius 2 is 2.16 bits per heavy atom. The van der Waals surface area contributed by atoms with E-state index in [1.165, 1.54) is 13.3 Å². The van der Waals surface area contributed by atoms with Crippen molar-refractivity contribution >= 4 is 17.1 Å². The number of aromatic nitrogens is 2. The molecule has 2 atom stereocenters. The largest absolute Gasteiger partial charge is 0.481 e. The lowest BCUT2D eigenvalue weighted by Gasteiger charge is -2.39. The number of piperidine rings is 1. The monoisotopic (exact) mass is 430 g/mol. The highest BCUT2D eigenvalue weighted by Crippen LogP contribution is 2.28. The van der Waals surface area contributed by atoms with Crippen LogP contribution in [-0.4, -0.2) is 52.3 Å². The summed E-state index contributed by atoms with van der Waals surface area (Å²) in [5, 5.41) is 3.78. The summed E-state index contributed by atoms with van der Waals surface area (Å²) in [6.45, 7) is 5.67. The van der Waals surface area contributed by atoms with E-state index in [1.54, 1.807) is 37.8 Å². The predicted molar refractivity (Wildman–Crippen MR) is 113 cm³/mol. The van der Waals surface area contributed by atoms with Crippen LogP contribution in [0.5, 0.6) is 5.88 Å². The highest BCUT2D eigenvalue weighted by Gasteiger charge is 2.34. The molecule has 0 saturated carbocycles. The molecule has 1 fully saturated rings. The molecule has 0 aromatic carbocycles. The second-order valence-corrected chi connectivity index (χ2v) is 8.57. The van der Waals surface area contributed by atoms with Crippen LogP contribution < -0.4 is 4.74 Å². The fraction of sp³-hybridized carbons (Fsp3) is 0.571. The second-order valence-electron chi connectivity index (χ2n) is 8.57. The Balaban J connectivity index is 1.84. The lowest BCUT2D eigenvalue weighted by atomic mass is 9.93. The van der Waals surface area contributed by atoms with Gasteiger partial charge in [-0.2, -0.15) is 0 Å². The fourth-order valence-corrected chi connectivity index (χ4v) is 3.76. The average Bonchev–Trinajstić information content (AvgIpc) is 2.72. The first kappa shape index (κ1) is 22.6. The Bertz CT molecular complexity index is 1000. The van der Waals surface area contributed by atoms with Crippen LogP contribution in [-0.2, 0) is 11.2 Å². The molecular weight excluding hydrogens is 403 g/mol. The molecule has 1 aliphatic heterocycles. The number of methoxy groups -OCH3 is 1. The Morgan fingerprint density at radius 3 is 2.84 bits per heavy atom. The van der Waals surface area contributed by atoms with Gasteiger partial charge in [0.1, 0.15) is 11.4 Å². The lowest BCUT2D eigenvalue weighted by Crippen LogP contribution is -2.50. The number of aryl methyl sites for hydroxylation is 1. The van der Waals surface area contributed by atoms with Crippen molar-refractivity contribution in [2.24, 2.45) is 5.11 Å². The summed E-state index contributed by atoms with van der Waals surface area (Å²) in [6, 6.07) is 2.94. The van der Waals surface area contributed by atoms with Gasteiger partial charge in [-0.15, -0.1) is 0 Å². The molecule has 9 nitrogen and oxygen atoms in total. The summed E-state index contributed by atoms with van der Waals surface area (Å²) in [5.74, 6) is -0.0637. The van der Waals surface area contributed by atoms with Gasteiger partial charge in [-0.05, 0) is 58.1 Å². The Hall–Kier alpha value is -3.13. The standard InChI is InChI=1S/C21H27FN6O3/c1-21(2,3)31-20(29)28-12-13(26-27-23)5-6-14(28)7-8-15-16(22)11-24-17-9-10-18(30-4)25-19(15)17/h9-11,13-14H,5-8,12H2,1-4H3/t13-,14+/m0/s1. The number of amides is 1. The van der Waals surface area contributed by atoms with Crippen LogP contribution in [0.4, 0.5) is 9.18 Å². The zero-order valence-corrected chi connectivity index (χ0v) is 18.2. The number of azide groups is 1. The predicted octanol–water partition coefficient (Wildman–Crippen LogP) is 4.79. The average molecular weight is 430 g/mol. The van der Waals surface area contributed by atoms with Crippen LogP contribution >= 0.6 is 0 Å². The minimum absolute atomic E-state index is 0.173. The Kier molecular flexibility index (Phi) is 6.80. The van der Waals surface area contributed by atoms with Crippen LogP contribution in [0.2, 0.25) is 0 Å². The van der Waals surface area contributed by atoms with E-state index < -0.39 is 17.5 Å². The third kappa shape index (κ3) is 5.52. The molecule has 0 unspecified atom stereocenters. The summed E-state index contributed by atoms with van der Waals surface area (Å²) >= 11 is 0. The maximum atomic E-state index is 14.6. The van der Waals surface area contributed by atoms with Crippen molar-refractivity contribution in [1.29, 1.82) is 0 Å². The smallest absolute Gasteiger partial charge is 0.410 e. The quantitative estimate of drug-likeness (QED) is 0.384. The highest BCUT2D eigenvalue weighted by atomic mass is 19.1. The normalized spacial score (nSPS) is 19.1. The topological polar surface area (TPSA) is 113 Å². The highest BCUT2D eigenvalue weighted by molar-refractivity contribution is 5.78. The first-order valence-corrected chi connectivity index (χ1v) is 10.2. The number of carbonyl (C=O) groups excluding carboxylic acids is 1. The third-order valence-corrected chi connectivity index (χ3v) is 5.20. The molecule has 0 aliphatic carbocycles. The molecule has 3 rings (SSSR count). The van der Waals surface area contributed by atoms with Gasteiger partial charge in [0.05, 0.1) is 30.4 Å². The number of ether oxygens (including phenoxy) is 2. The minimum atomic E-state index is -0.652. The molecule has 0 radical (unpaired) electrons. The van der Waals surface area contributed by atoms with Gasteiger partial charge in [0.2, 0.25) is 5.88 Å². The number of hydrogen-bond acceptors (Lipinski definition) is 6. The van der Waals surface area contributed by atoms with E-state index in [0.717, 1.165) is 0 Å². The SMILES string of the molecule is COc1ccc2ncc(F)c(CC[C@H]3CC[C@H](N=[N+]=[N-])CN3C(=O)OC(C)(C)C)c2n1. The number of halogens is 1. The molecule has 1 amide bonds.